The van der Waals surface area contributed by atoms with Crippen LogP contribution in [0.5, 0.6) is 0 Å². The lowest BCUT2D eigenvalue weighted by Gasteiger charge is -1.99. The zero-order valence-electron chi connectivity index (χ0n) is 7.84. The van der Waals surface area contributed by atoms with E-state index in [4.69, 9.17) is 4.42 Å². The van der Waals surface area contributed by atoms with Gasteiger partial charge in [0.25, 0.3) is 0 Å². The molecule has 0 radical (unpaired) electrons. The normalized spacial score (nSPS) is 10.4. The zero-order chi connectivity index (χ0) is 11.7. The Hall–Kier alpha value is -0.940. The summed E-state index contributed by atoms with van der Waals surface area (Å²) in [7, 11) is 0. The number of hydrogen-bond donors (Lipinski definition) is 0. The second kappa shape index (κ2) is 4.51. The third-order valence-electron chi connectivity index (χ3n) is 1.92. The van der Waals surface area contributed by atoms with Crippen molar-refractivity contribution < 1.29 is 13.6 Å². The summed E-state index contributed by atoms with van der Waals surface area (Å²) >= 11 is 6.23. The van der Waals surface area contributed by atoms with Crippen LogP contribution in [0, 0.1) is 5.82 Å². The fourth-order valence-electron chi connectivity index (χ4n) is 1.26. The monoisotopic (exact) mass is 346 g/mol. The van der Waals surface area contributed by atoms with Crippen molar-refractivity contribution in [2.45, 2.75) is 0 Å². The molecule has 2 nitrogen and oxygen atoms in total. The van der Waals surface area contributed by atoms with Crippen LogP contribution in [0.25, 0.3) is 0 Å². The predicted octanol–water partition coefficient (Wildman–Crippen LogP) is 4.17. The maximum atomic E-state index is 13.1. The molecular formula is C11H5Br2FO2. The molecule has 82 valence electrons. The largest absolute Gasteiger partial charge is 0.446 e. The van der Waals surface area contributed by atoms with Gasteiger partial charge in [0.2, 0.25) is 5.78 Å². The van der Waals surface area contributed by atoms with E-state index in [-0.39, 0.29) is 17.1 Å². The Balaban J connectivity index is 2.41. The van der Waals surface area contributed by atoms with Gasteiger partial charge >= 0.3 is 0 Å². The number of halogens is 3. The Labute approximate surface area is 108 Å². The van der Waals surface area contributed by atoms with Gasteiger partial charge in [-0.25, -0.2) is 4.39 Å². The van der Waals surface area contributed by atoms with Crippen molar-refractivity contribution in [2.75, 3.05) is 0 Å². The van der Waals surface area contributed by atoms with Gasteiger partial charge < -0.3 is 4.42 Å². The molecule has 0 N–H and O–H groups in total. The molecule has 0 atom stereocenters. The van der Waals surface area contributed by atoms with Crippen molar-refractivity contribution in [2.24, 2.45) is 0 Å². The van der Waals surface area contributed by atoms with Gasteiger partial charge in [0.15, 0.2) is 10.4 Å². The number of ketones is 1. The van der Waals surface area contributed by atoms with E-state index in [1.165, 1.54) is 18.2 Å². The second-order valence-corrected chi connectivity index (χ2v) is 4.79. The minimum absolute atomic E-state index is 0.171. The molecule has 0 amide bonds. The number of furan rings is 1. The molecule has 2 aromatic rings. The van der Waals surface area contributed by atoms with Gasteiger partial charge in [0.05, 0.1) is 0 Å². The lowest BCUT2D eigenvalue weighted by atomic mass is 10.1. The summed E-state index contributed by atoms with van der Waals surface area (Å²) in [5.41, 5.74) is 0.244. The average molecular weight is 348 g/mol. The first kappa shape index (κ1) is 11.5. The van der Waals surface area contributed by atoms with Crippen LogP contribution >= 0.6 is 31.9 Å². The minimum Gasteiger partial charge on any atom is -0.446 e. The second-order valence-electron chi connectivity index (χ2n) is 3.09. The summed E-state index contributed by atoms with van der Waals surface area (Å²) in [4.78, 5) is 11.9. The molecule has 0 spiro atoms. The van der Waals surface area contributed by atoms with Crippen LogP contribution < -0.4 is 0 Å². The lowest BCUT2D eigenvalue weighted by Crippen LogP contribution is -2.00. The molecule has 0 saturated heterocycles. The molecule has 0 bridgehead atoms. The van der Waals surface area contributed by atoms with Crippen LogP contribution in [-0.4, -0.2) is 5.78 Å². The van der Waals surface area contributed by atoms with E-state index < -0.39 is 5.82 Å². The highest BCUT2D eigenvalue weighted by Gasteiger charge is 2.14. The van der Waals surface area contributed by atoms with Gasteiger partial charge in [0, 0.05) is 10.0 Å². The van der Waals surface area contributed by atoms with Gasteiger partial charge in [-0.05, 0) is 46.3 Å². The van der Waals surface area contributed by atoms with E-state index in [1.54, 1.807) is 12.1 Å². The Morgan fingerprint density at radius 2 is 1.94 bits per heavy atom. The topological polar surface area (TPSA) is 30.2 Å². The van der Waals surface area contributed by atoms with Crippen molar-refractivity contribution in [3.05, 3.63) is 56.6 Å². The van der Waals surface area contributed by atoms with E-state index in [0.717, 1.165) is 0 Å². The number of carbonyl (C=O) groups is 1. The van der Waals surface area contributed by atoms with E-state index in [9.17, 15) is 9.18 Å². The Kier molecular flexibility index (Phi) is 3.25. The van der Waals surface area contributed by atoms with Crippen LogP contribution in [0.15, 0.2) is 43.9 Å². The van der Waals surface area contributed by atoms with E-state index >= 15 is 0 Å². The molecule has 1 aromatic carbocycles. The van der Waals surface area contributed by atoms with Gasteiger partial charge in [-0.15, -0.1) is 0 Å². The maximum Gasteiger partial charge on any atom is 0.228 e. The third kappa shape index (κ3) is 2.41. The summed E-state index contributed by atoms with van der Waals surface area (Å²) in [6.07, 6.45) is 0. The van der Waals surface area contributed by atoms with Crippen LogP contribution in [0.4, 0.5) is 4.39 Å². The van der Waals surface area contributed by atoms with E-state index in [2.05, 4.69) is 31.9 Å². The van der Waals surface area contributed by atoms with Crippen LogP contribution in [-0.2, 0) is 0 Å². The van der Waals surface area contributed by atoms with Crippen molar-refractivity contribution >= 4 is 37.6 Å². The van der Waals surface area contributed by atoms with Crippen LogP contribution in [0.2, 0.25) is 0 Å². The third-order valence-corrected chi connectivity index (χ3v) is 2.81. The smallest absolute Gasteiger partial charge is 0.228 e. The highest BCUT2D eigenvalue weighted by Crippen LogP contribution is 2.20. The van der Waals surface area contributed by atoms with E-state index in [1.807, 2.05) is 0 Å². The van der Waals surface area contributed by atoms with E-state index in [0.29, 0.717) is 9.14 Å². The lowest BCUT2D eigenvalue weighted by molar-refractivity contribution is 0.101. The molecule has 0 unspecified atom stereocenters. The molecule has 2 rings (SSSR count). The summed E-state index contributed by atoms with van der Waals surface area (Å²) in [6, 6.07) is 7.15. The fourth-order valence-corrected chi connectivity index (χ4v) is 2.04. The van der Waals surface area contributed by atoms with Crippen molar-refractivity contribution in [1.82, 2.24) is 0 Å². The summed E-state index contributed by atoms with van der Waals surface area (Å²) in [6.45, 7) is 0. The molecule has 0 fully saturated rings. The number of benzene rings is 1. The average Bonchev–Trinajstić information content (AvgIpc) is 2.62. The SMILES string of the molecule is O=C(c1cc(F)cc(Br)c1)c1ccc(Br)o1. The van der Waals surface area contributed by atoms with Gasteiger partial charge in [-0.3, -0.25) is 4.79 Å². The van der Waals surface area contributed by atoms with Crippen LogP contribution in [0.3, 0.4) is 0 Å². The molecule has 1 aromatic heterocycles. The molecule has 0 aliphatic carbocycles. The molecule has 5 heteroatoms. The highest BCUT2D eigenvalue weighted by molar-refractivity contribution is 9.10. The number of rotatable bonds is 2. The summed E-state index contributed by atoms with van der Waals surface area (Å²) < 4.78 is 19.2. The molecule has 16 heavy (non-hydrogen) atoms. The van der Waals surface area contributed by atoms with Crippen molar-refractivity contribution in [3.8, 4) is 0 Å². The molecule has 0 aliphatic heterocycles. The maximum absolute atomic E-state index is 13.1. The Morgan fingerprint density at radius 3 is 2.50 bits per heavy atom. The Morgan fingerprint density at radius 1 is 1.19 bits per heavy atom. The minimum atomic E-state index is -0.469. The zero-order valence-corrected chi connectivity index (χ0v) is 11.0. The standard InChI is InChI=1S/C11H5Br2FO2/c12-7-3-6(4-8(14)5-7)11(15)9-1-2-10(13)16-9/h1-5H. The van der Waals surface area contributed by atoms with Gasteiger partial charge in [-0.2, -0.15) is 0 Å². The van der Waals surface area contributed by atoms with Crippen molar-refractivity contribution in [3.63, 3.8) is 0 Å². The quantitative estimate of drug-likeness (QED) is 0.763. The summed E-state index contributed by atoms with van der Waals surface area (Å²) in [5, 5.41) is 0. The highest BCUT2D eigenvalue weighted by atomic mass is 79.9. The van der Waals surface area contributed by atoms with Gasteiger partial charge in [0.1, 0.15) is 5.82 Å². The molecule has 1 heterocycles. The number of hydrogen-bond acceptors (Lipinski definition) is 2. The first-order valence-electron chi connectivity index (χ1n) is 4.32. The Bertz CT molecular complexity index is 528. The first-order valence-corrected chi connectivity index (χ1v) is 5.91. The molecular weight excluding hydrogens is 343 g/mol. The van der Waals surface area contributed by atoms with Crippen LogP contribution in [0.1, 0.15) is 16.1 Å². The molecule has 0 saturated carbocycles. The number of carbonyl (C=O) groups excluding carboxylic acids is 1. The van der Waals surface area contributed by atoms with Gasteiger partial charge in [-0.1, -0.05) is 15.9 Å². The first-order chi connectivity index (χ1) is 7.56. The fraction of sp³-hybridized carbons (Fsp3) is 0. The van der Waals surface area contributed by atoms with Crippen molar-refractivity contribution in [1.29, 1.82) is 0 Å². The summed E-state index contributed by atoms with van der Waals surface area (Å²) in [5.74, 6) is -0.654. The predicted molar refractivity (Wildman–Crippen MR) is 63.9 cm³/mol. The molecule has 0 aliphatic rings.